The van der Waals surface area contributed by atoms with Crippen molar-refractivity contribution in [2.45, 2.75) is 43.7 Å². The number of aliphatic carboxylic acids is 1. The van der Waals surface area contributed by atoms with Gasteiger partial charge in [-0.25, -0.2) is 9.59 Å². The van der Waals surface area contributed by atoms with E-state index in [2.05, 4.69) is 5.32 Å². The summed E-state index contributed by atoms with van der Waals surface area (Å²) in [5.74, 6) is -0.475. The quantitative estimate of drug-likeness (QED) is 0.810. The molecule has 2 aliphatic rings. The summed E-state index contributed by atoms with van der Waals surface area (Å²) in [4.78, 5) is 24.8. The summed E-state index contributed by atoms with van der Waals surface area (Å²) in [6.45, 7) is 3.17. The van der Waals surface area contributed by atoms with Crippen LogP contribution in [0.15, 0.2) is 0 Å². The molecule has 2 heterocycles. The summed E-state index contributed by atoms with van der Waals surface area (Å²) < 4.78 is 5.44. The second-order valence-corrected chi connectivity index (χ2v) is 5.99. The van der Waals surface area contributed by atoms with Gasteiger partial charge in [-0.15, -0.1) is 11.8 Å². The first kappa shape index (κ1) is 14.5. The molecule has 2 amide bonds. The zero-order valence-electron chi connectivity index (χ0n) is 11.0. The Morgan fingerprint density at radius 3 is 2.89 bits per heavy atom. The highest BCUT2D eigenvalue weighted by atomic mass is 32.2. The number of carboxylic acid groups (broad SMARTS) is 1. The van der Waals surface area contributed by atoms with Gasteiger partial charge in [-0.05, 0) is 19.3 Å². The largest absolute Gasteiger partial charge is 0.480 e. The third-order valence-electron chi connectivity index (χ3n) is 3.47. The summed E-state index contributed by atoms with van der Waals surface area (Å²) in [5, 5.41) is 11.9. The van der Waals surface area contributed by atoms with Gasteiger partial charge in [0.15, 0.2) is 0 Å². The van der Waals surface area contributed by atoms with E-state index in [1.54, 1.807) is 0 Å². The molecule has 3 unspecified atom stereocenters. The van der Waals surface area contributed by atoms with E-state index >= 15 is 0 Å². The number of carboxylic acids is 1. The van der Waals surface area contributed by atoms with E-state index in [1.807, 2.05) is 6.92 Å². The lowest BCUT2D eigenvalue weighted by atomic mass is 10.2. The van der Waals surface area contributed by atoms with Gasteiger partial charge < -0.3 is 15.2 Å². The van der Waals surface area contributed by atoms with E-state index < -0.39 is 12.0 Å². The molecule has 2 aliphatic heterocycles. The van der Waals surface area contributed by atoms with Gasteiger partial charge >= 0.3 is 12.0 Å². The van der Waals surface area contributed by atoms with Crippen molar-refractivity contribution in [2.75, 3.05) is 18.9 Å². The van der Waals surface area contributed by atoms with Gasteiger partial charge in [0, 0.05) is 18.9 Å². The summed E-state index contributed by atoms with van der Waals surface area (Å²) >= 11 is 1.53. The molecule has 7 heteroatoms. The van der Waals surface area contributed by atoms with Crippen molar-refractivity contribution in [2.24, 2.45) is 0 Å². The molecule has 2 N–H and O–H groups in total. The molecule has 0 radical (unpaired) electrons. The molecule has 3 atom stereocenters. The van der Waals surface area contributed by atoms with Crippen LogP contribution in [0.4, 0.5) is 4.79 Å². The van der Waals surface area contributed by atoms with E-state index in [4.69, 9.17) is 9.84 Å². The number of amides is 2. The van der Waals surface area contributed by atoms with Gasteiger partial charge in [-0.1, -0.05) is 6.92 Å². The van der Waals surface area contributed by atoms with Crippen LogP contribution in [-0.4, -0.2) is 58.4 Å². The third kappa shape index (κ3) is 3.33. The van der Waals surface area contributed by atoms with Crippen molar-refractivity contribution < 1.29 is 19.4 Å². The first-order valence-electron chi connectivity index (χ1n) is 6.65. The second kappa shape index (κ2) is 6.47. The molecule has 0 spiro atoms. The third-order valence-corrected chi connectivity index (χ3v) is 4.92. The number of ether oxygens (including phenoxy) is 1. The molecule has 0 aromatic carbocycles. The normalized spacial score (nSPS) is 30.6. The average Bonchev–Trinajstić information content (AvgIpc) is 3.04. The lowest BCUT2D eigenvalue weighted by molar-refractivity contribution is -0.141. The lowest BCUT2D eigenvalue weighted by Crippen LogP contribution is -2.51. The van der Waals surface area contributed by atoms with E-state index in [-0.39, 0.29) is 17.5 Å². The van der Waals surface area contributed by atoms with Crippen LogP contribution in [0.25, 0.3) is 0 Å². The Kier molecular flexibility index (Phi) is 4.93. The Bertz CT molecular complexity index is 347. The van der Waals surface area contributed by atoms with Gasteiger partial charge in [-0.3, -0.25) is 4.90 Å². The average molecular weight is 288 g/mol. The Morgan fingerprint density at radius 2 is 2.32 bits per heavy atom. The van der Waals surface area contributed by atoms with E-state index in [0.29, 0.717) is 12.3 Å². The number of nitrogens with one attached hydrogen (secondary N) is 1. The van der Waals surface area contributed by atoms with Crippen molar-refractivity contribution >= 4 is 23.8 Å². The molecule has 0 bridgehead atoms. The lowest BCUT2D eigenvalue weighted by Gasteiger charge is -2.27. The van der Waals surface area contributed by atoms with Gasteiger partial charge in [0.1, 0.15) is 6.04 Å². The van der Waals surface area contributed by atoms with Crippen LogP contribution in [0, 0.1) is 0 Å². The zero-order valence-corrected chi connectivity index (χ0v) is 11.8. The Labute approximate surface area is 116 Å². The standard InChI is InChI=1S/C12H20N2O4S/c1-2-10-14(9(7-19-10)11(15)16)12(17)13-6-8-4-3-5-18-8/h8-10H,2-7H2,1H3,(H,13,17)(H,15,16). The van der Waals surface area contributed by atoms with Gasteiger partial charge in [0.05, 0.1) is 11.5 Å². The zero-order chi connectivity index (χ0) is 13.8. The summed E-state index contributed by atoms with van der Waals surface area (Å²) in [6, 6.07) is -1.01. The molecule has 0 aromatic heterocycles. The minimum Gasteiger partial charge on any atom is -0.480 e. The summed E-state index contributed by atoms with van der Waals surface area (Å²) in [7, 11) is 0. The minimum atomic E-state index is -0.935. The number of thioether (sulfide) groups is 1. The predicted molar refractivity (Wildman–Crippen MR) is 72.2 cm³/mol. The molecular weight excluding hydrogens is 268 g/mol. The fourth-order valence-corrected chi connectivity index (χ4v) is 3.79. The molecule has 2 rings (SSSR count). The maximum absolute atomic E-state index is 12.2. The van der Waals surface area contributed by atoms with Gasteiger partial charge in [0.2, 0.25) is 0 Å². The van der Waals surface area contributed by atoms with Crippen molar-refractivity contribution in [3.63, 3.8) is 0 Å². The highest BCUT2D eigenvalue weighted by Crippen LogP contribution is 2.31. The molecule has 2 saturated heterocycles. The maximum Gasteiger partial charge on any atom is 0.327 e. The molecule has 108 valence electrons. The highest BCUT2D eigenvalue weighted by Gasteiger charge is 2.40. The number of hydrogen-bond donors (Lipinski definition) is 2. The SMILES string of the molecule is CCC1SCC(C(=O)O)N1C(=O)NCC1CCCO1. The van der Waals surface area contributed by atoms with E-state index in [9.17, 15) is 9.59 Å². The van der Waals surface area contributed by atoms with Crippen molar-refractivity contribution in [1.29, 1.82) is 0 Å². The van der Waals surface area contributed by atoms with Gasteiger partial charge in [-0.2, -0.15) is 0 Å². The van der Waals surface area contributed by atoms with Crippen LogP contribution in [0.3, 0.4) is 0 Å². The predicted octanol–water partition coefficient (Wildman–Crippen LogP) is 1.11. The second-order valence-electron chi connectivity index (χ2n) is 4.78. The van der Waals surface area contributed by atoms with Crippen molar-refractivity contribution in [1.82, 2.24) is 10.2 Å². The topological polar surface area (TPSA) is 78.9 Å². The Balaban J connectivity index is 1.91. The molecule has 2 fully saturated rings. The maximum atomic E-state index is 12.2. The van der Waals surface area contributed by atoms with E-state index in [0.717, 1.165) is 25.9 Å². The molecule has 19 heavy (non-hydrogen) atoms. The number of rotatable bonds is 4. The van der Waals surface area contributed by atoms with Crippen molar-refractivity contribution in [3.05, 3.63) is 0 Å². The molecule has 0 aliphatic carbocycles. The summed E-state index contributed by atoms with van der Waals surface area (Å²) in [6.07, 6.45) is 2.80. The number of urea groups is 1. The number of carbonyl (C=O) groups is 2. The summed E-state index contributed by atoms with van der Waals surface area (Å²) in [5.41, 5.74) is 0. The van der Waals surface area contributed by atoms with Crippen LogP contribution in [0.2, 0.25) is 0 Å². The monoisotopic (exact) mass is 288 g/mol. The number of nitrogens with zero attached hydrogens (tertiary/aromatic N) is 1. The number of hydrogen-bond acceptors (Lipinski definition) is 4. The Hall–Kier alpha value is -0.950. The van der Waals surface area contributed by atoms with Crippen LogP contribution in [0.5, 0.6) is 0 Å². The first-order valence-corrected chi connectivity index (χ1v) is 7.70. The number of carbonyl (C=O) groups excluding carboxylic acids is 1. The van der Waals surface area contributed by atoms with Crippen LogP contribution < -0.4 is 5.32 Å². The highest BCUT2D eigenvalue weighted by molar-refractivity contribution is 8.00. The molecule has 0 saturated carbocycles. The minimum absolute atomic E-state index is 0.0504. The fraction of sp³-hybridized carbons (Fsp3) is 0.833. The Morgan fingerprint density at radius 1 is 1.53 bits per heavy atom. The van der Waals surface area contributed by atoms with Crippen LogP contribution >= 0.6 is 11.8 Å². The van der Waals surface area contributed by atoms with Crippen LogP contribution in [0.1, 0.15) is 26.2 Å². The fourth-order valence-electron chi connectivity index (χ4n) is 2.44. The molecular formula is C12H20N2O4S. The smallest absolute Gasteiger partial charge is 0.327 e. The molecule has 6 nitrogen and oxygen atoms in total. The first-order chi connectivity index (χ1) is 9.13. The van der Waals surface area contributed by atoms with Gasteiger partial charge in [0.25, 0.3) is 0 Å². The van der Waals surface area contributed by atoms with Crippen molar-refractivity contribution in [3.8, 4) is 0 Å². The van der Waals surface area contributed by atoms with E-state index in [1.165, 1.54) is 16.7 Å². The van der Waals surface area contributed by atoms with Crippen LogP contribution in [-0.2, 0) is 9.53 Å². The molecule has 0 aromatic rings.